The molecule has 1 N–H and O–H groups in total. The van der Waals surface area contributed by atoms with E-state index in [1.807, 2.05) is 19.1 Å². The van der Waals surface area contributed by atoms with Crippen LogP contribution >= 0.6 is 11.6 Å². The number of nitrogens with one attached hydrogen (secondary N) is 1. The topological polar surface area (TPSA) is 64.6 Å². The molecule has 0 aliphatic carbocycles. The number of halogens is 1. The highest BCUT2D eigenvalue weighted by molar-refractivity contribution is 6.30. The highest BCUT2D eigenvalue weighted by Gasteiger charge is 2.09. The van der Waals surface area contributed by atoms with Crippen LogP contribution in [0.5, 0.6) is 5.75 Å². The number of hydrogen-bond donors (Lipinski definition) is 1. The van der Waals surface area contributed by atoms with Gasteiger partial charge in [-0.2, -0.15) is 0 Å². The number of anilines is 1. The van der Waals surface area contributed by atoms with Crippen LogP contribution in [0, 0.1) is 6.92 Å². The summed E-state index contributed by atoms with van der Waals surface area (Å²) in [6.45, 7) is 1.28. The van der Waals surface area contributed by atoms with Crippen molar-refractivity contribution in [3.63, 3.8) is 0 Å². The van der Waals surface area contributed by atoms with E-state index in [0.29, 0.717) is 16.5 Å². The van der Waals surface area contributed by atoms with Crippen LogP contribution in [0.4, 0.5) is 5.69 Å². The molecule has 23 heavy (non-hydrogen) atoms. The molecule has 0 aliphatic heterocycles. The van der Waals surface area contributed by atoms with Crippen LogP contribution in [0.15, 0.2) is 48.5 Å². The van der Waals surface area contributed by atoms with Crippen molar-refractivity contribution in [2.75, 3.05) is 18.5 Å². The van der Waals surface area contributed by atoms with Gasteiger partial charge >= 0.3 is 5.97 Å². The molecule has 120 valence electrons. The van der Waals surface area contributed by atoms with Crippen molar-refractivity contribution in [1.29, 1.82) is 0 Å². The average molecular weight is 334 g/mol. The van der Waals surface area contributed by atoms with Crippen molar-refractivity contribution in [1.82, 2.24) is 0 Å². The Morgan fingerprint density at radius 3 is 2.61 bits per heavy atom. The van der Waals surface area contributed by atoms with Gasteiger partial charge in [0.05, 0.1) is 0 Å². The summed E-state index contributed by atoms with van der Waals surface area (Å²) in [6, 6.07) is 14.0. The molecule has 2 rings (SSSR count). The van der Waals surface area contributed by atoms with E-state index in [2.05, 4.69) is 5.32 Å². The van der Waals surface area contributed by atoms with Crippen molar-refractivity contribution in [2.24, 2.45) is 0 Å². The van der Waals surface area contributed by atoms with Gasteiger partial charge in [-0.05, 0) is 42.8 Å². The Bertz CT molecular complexity index is 702. The molecule has 0 fully saturated rings. The van der Waals surface area contributed by atoms with E-state index in [9.17, 15) is 9.59 Å². The lowest BCUT2D eigenvalue weighted by atomic mass is 10.2. The lowest BCUT2D eigenvalue weighted by molar-refractivity contribution is -0.149. The quantitative estimate of drug-likeness (QED) is 0.824. The van der Waals surface area contributed by atoms with Gasteiger partial charge in [0.15, 0.2) is 13.2 Å². The molecule has 0 heterocycles. The van der Waals surface area contributed by atoms with Gasteiger partial charge in [0.25, 0.3) is 5.91 Å². The summed E-state index contributed by atoms with van der Waals surface area (Å²) in [7, 11) is 0. The molecule has 0 spiro atoms. The van der Waals surface area contributed by atoms with Crippen molar-refractivity contribution >= 4 is 29.2 Å². The third kappa shape index (κ3) is 6.00. The van der Waals surface area contributed by atoms with Crippen LogP contribution in [0.2, 0.25) is 5.02 Å². The summed E-state index contributed by atoms with van der Waals surface area (Å²) in [5.41, 5.74) is 1.56. The summed E-state index contributed by atoms with van der Waals surface area (Å²) in [5, 5.41) is 3.08. The Hall–Kier alpha value is -2.53. The van der Waals surface area contributed by atoms with Crippen LogP contribution < -0.4 is 10.1 Å². The third-order valence-electron chi connectivity index (χ3n) is 2.82. The first-order chi connectivity index (χ1) is 11.0. The van der Waals surface area contributed by atoms with Crippen molar-refractivity contribution in [3.8, 4) is 5.75 Å². The summed E-state index contributed by atoms with van der Waals surface area (Å²) in [6.07, 6.45) is 0. The number of amides is 1. The molecule has 0 aliphatic rings. The Labute approximate surface area is 139 Å². The second-order valence-electron chi connectivity index (χ2n) is 4.82. The Morgan fingerprint density at radius 1 is 1.09 bits per heavy atom. The summed E-state index contributed by atoms with van der Waals surface area (Å²) in [5.74, 6) is -0.491. The van der Waals surface area contributed by atoms with Gasteiger partial charge in [-0.15, -0.1) is 0 Å². The van der Waals surface area contributed by atoms with E-state index in [1.54, 1.807) is 36.4 Å². The second kappa shape index (κ2) is 8.19. The van der Waals surface area contributed by atoms with Gasteiger partial charge < -0.3 is 14.8 Å². The number of benzene rings is 2. The number of rotatable bonds is 6. The molecule has 0 radical (unpaired) electrons. The first-order valence-electron chi connectivity index (χ1n) is 6.93. The Kier molecular flexibility index (Phi) is 6.00. The van der Waals surface area contributed by atoms with Gasteiger partial charge in [0.2, 0.25) is 0 Å². The smallest absolute Gasteiger partial charge is 0.344 e. The van der Waals surface area contributed by atoms with Crippen molar-refractivity contribution < 1.29 is 19.1 Å². The van der Waals surface area contributed by atoms with Gasteiger partial charge in [0.1, 0.15) is 5.75 Å². The van der Waals surface area contributed by atoms with Crippen LogP contribution in [0.1, 0.15) is 5.56 Å². The normalized spacial score (nSPS) is 10.0. The van der Waals surface area contributed by atoms with Crippen molar-refractivity contribution in [2.45, 2.75) is 6.92 Å². The lowest BCUT2D eigenvalue weighted by Crippen LogP contribution is -2.23. The zero-order valence-corrected chi connectivity index (χ0v) is 13.3. The maximum atomic E-state index is 11.7. The fourth-order valence-electron chi connectivity index (χ4n) is 1.80. The van der Waals surface area contributed by atoms with Gasteiger partial charge in [-0.3, -0.25) is 4.79 Å². The van der Waals surface area contributed by atoms with Gasteiger partial charge in [0, 0.05) is 10.7 Å². The number of carbonyl (C=O) groups is 2. The molecular formula is C17H16ClNO4. The first-order valence-corrected chi connectivity index (χ1v) is 7.31. The highest BCUT2D eigenvalue weighted by Crippen LogP contribution is 2.15. The molecule has 0 bridgehead atoms. The maximum Gasteiger partial charge on any atom is 0.344 e. The van der Waals surface area contributed by atoms with E-state index in [-0.39, 0.29) is 13.2 Å². The standard InChI is InChI=1S/C17H16ClNO4/c1-12-4-2-7-15(8-12)22-11-17(21)23-10-16(20)19-14-6-3-5-13(18)9-14/h2-9H,10-11H2,1H3,(H,19,20). The molecule has 1 amide bonds. The zero-order chi connectivity index (χ0) is 16.7. The predicted octanol–water partition coefficient (Wildman–Crippen LogP) is 3.21. The molecule has 0 atom stereocenters. The highest BCUT2D eigenvalue weighted by atomic mass is 35.5. The number of ether oxygens (including phenoxy) is 2. The molecule has 0 saturated carbocycles. The number of esters is 1. The van der Waals surface area contributed by atoms with Crippen LogP contribution in [-0.4, -0.2) is 25.1 Å². The first kappa shape index (κ1) is 16.8. The fraction of sp³-hybridized carbons (Fsp3) is 0.176. The number of aryl methyl sites for hydroxylation is 1. The Balaban J connectivity index is 1.72. The molecule has 0 unspecified atom stereocenters. The molecule has 6 heteroatoms. The van der Waals surface area contributed by atoms with E-state index < -0.39 is 11.9 Å². The number of hydrogen-bond acceptors (Lipinski definition) is 4. The second-order valence-corrected chi connectivity index (χ2v) is 5.26. The molecule has 2 aromatic carbocycles. The predicted molar refractivity (Wildman–Crippen MR) is 87.7 cm³/mol. The maximum absolute atomic E-state index is 11.7. The molecule has 2 aromatic rings. The number of carbonyl (C=O) groups excluding carboxylic acids is 2. The fourth-order valence-corrected chi connectivity index (χ4v) is 1.99. The van der Waals surface area contributed by atoms with E-state index in [1.165, 1.54) is 0 Å². The molecular weight excluding hydrogens is 318 g/mol. The average Bonchev–Trinajstić information content (AvgIpc) is 2.51. The lowest BCUT2D eigenvalue weighted by Gasteiger charge is -2.08. The minimum absolute atomic E-state index is 0.256. The van der Waals surface area contributed by atoms with E-state index >= 15 is 0 Å². The van der Waals surface area contributed by atoms with Gasteiger partial charge in [-0.25, -0.2) is 4.79 Å². The van der Waals surface area contributed by atoms with Crippen molar-refractivity contribution in [3.05, 3.63) is 59.1 Å². The molecule has 5 nitrogen and oxygen atoms in total. The van der Waals surface area contributed by atoms with Crippen LogP contribution in [0.3, 0.4) is 0 Å². The van der Waals surface area contributed by atoms with E-state index in [0.717, 1.165) is 5.56 Å². The summed E-state index contributed by atoms with van der Waals surface area (Å²) < 4.78 is 10.1. The van der Waals surface area contributed by atoms with E-state index in [4.69, 9.17) is 21.1 Å². The van der Waals surface area contributed by atoms with Crippen LogP contribution in [-0.2, 0) is 14.3 Å². The zero-order valence-electron chi connectivity index (χ0n) is 12.5. The Morgan fingerprint density at radius 2 is 1.87 bits per heavy atom. The largest absolute Gasteiger partial charge is 0.482 e. The monoisotopic (exact) mass is 333 g/mol. The minimum Gasteiger partial charge on any atom is -0.482 e. The molecule has 0 aromatic heterocycles. The summed E-state index contributed by atoms with van der Waals surface area (Å²) >= 11 is 5.81. The molecule has 0 saturated heterocycles. The SMILES string of the molecule is Cc1cccc(OCC(=O)OCC(=O)Nc2cccc(Cl)c2)c1. The third-order valence-corrected chi connectivity index (χ3v) is 3.05. The van der Waals surface area contributed by atoms with Gasteiger partial charge in [-0.1, -0.05) is 29.8 Å². The van der Waals surface area contributed by atoms with Crippen LogP contribution in [0.25, 0.3) is 0 Å². The summed E-state index contributed by atoms with van der Waals surface area (Å²) in [4.78, 5) is 23.2. The minimum atomic E-state index is -0.618.